The molecule has 1 heterocycles. The maximum atomic E-state index is 12.3. The fraction of sp³-hybridized carbons (Fsp3) is 0.733. The van der Waals surface area contributed by atoms with Crippen LogP contribution in [0, 0.1) is 11.8 Å². The van der Waals surface area contributed by atoms with E-state index in [4.69, 9.17) is 0 Å². The van der Waals surface area contributed by atoms with E-state index in [-0.39, 0.29) is 11.8 Å². The van der Waals surface area contributed by atoms with Gasteiger partial charge in [0.25, 0.3) is 0 Å². The quantitative estimate of drug-likeness (QED) is 0.826. The number of carbonyl (C=O) groups excluding carboxylic acids is 1. The summed E-state index contributed by atoms with van der Waals surface area (Å²) >= 11 is 1.57. The fourth-order valence-electron chi connectivity index (χ4n) is 3.00. The Labute approximate surface area is 119 Å². The van der Waals surface area contributed by atoms with Gasteiger partial charge in [-0.3, -0.25) is 4.79 Å². The van der Waals surface area contributed by atoms with Crippen LogP contribution in [0.5, 0.6) is 0 Å². The molecule has 0 bridgehead atoms. The first-order chi connectivity index (χ1) is 9.29. The summed E-state index contributed by atoms with van der Waals surface area (Å²) in [6.07, 6.45) is 8.52. The molecule has 1 aliphatic rings. The number of aromatic nitrogens is 1. The SMILES string of the molecule is CCCC(CC1CCCC1)C(=O)NCc1cscn1. The van der Waals surface area contributed by atoms with Crippen molar-refractivity contribution in [3.8, 4) is 0 Å². The highest BCUT2D eigenvalue weighted by molar-refractivity contribution is 7.07. The molecule has 0 aromatic carbocycles. The molecule has 1 saturated carbocycles. The third-order valence-corrected chi connectivity index (χ3v) is 4.66. The number of nitrogens with one attached hydrogen (secondary N) is 1. The van der Waals surface area contributed by atoms with Crippen molar-refractivity contribution in [1.29, 1.82) is 0 Å². The molecule has 1 unspecified atom stereocenters. The molecule has 19 heavy (non-hydrogen) atoms. The largest absolute Gasteiger partial charge is 0.350 e. The predicted molar refractivity (Wildman–Crippen MR) is 78.9 cm³/mol. The van der Waals surface area contributed by atoms with Crippen LogP contribution in [0.15, 0.2) is 10.9 Å². The van der Waals surface area contributed by atoms with Gasteiger partial charge < -0.3 is 5.32 Å². The fourth-order valence-corrected chi connectivity index (χ4v) is 3.56. The zero-order valence-corrected chi connectivity index (χ0v) is 12.5. The van der Waals surface area contributed by atoms with Crippen LogP contribution in [0.1, 0.15) is 57.6 Å². The number of nitrogens with zero attached hydrogens (tertiary/aromatic N) is 1. The van der Waals surface area contributed by atoms with E-state index in [1.54, 1.807) is 11.3 Å². The minimum Gasteiger partial charge on any atom is -0.350 e. The van der Waals surface area contributed by atoms with E-state index in [2.05, 4.69) is 17.2 Å². The van der Waals surface area contributed by atoms with Crippen LogP contribution >= 0.6 is 11.3 Å². The summed E-state index contributed by atoms with van der Waals surface area (Å²) in [6.45, 7) is 2.74. The Bertz CT molecular complexity index is 372. The standard InChI is InChI=1S/C15H24N2OS/c1-2-5-13(8-12-6-3-4-7-12)15(18)16-9-14-10-19-11-17-14/h10-13H,2-9H2,1H3,(H,16,18). The van der Waals surface area contributed by atoms with E-state index < -0.39 is 0 Å². The maximum absolute atomic E-state index is 12.3. The second-order valence-corrected chi connectivity index (χ2v) is 6.29. The second-order valence-electron chi connectivity index (χ2n) is 5.57. The highest BCUT2D eigenvalue weighted by Crippen LogP contribution is 2.31. The monoisotopic (exact) mass is 280 g/mol. The summed E-state index contributed by atoms with van der Waals surface area (Å²) < 4.78 is 0. The summed E-state index contributed by atoms with van der Waals surface area (Å²) in [6, 6.07) is 0. The first kappa shape index (κ1) is 14.5. The van der Waals surface area contributed by atoms with E-state index in [1.807, 2.05) is 10.9 Å². The first-order valence-electron chi connectivity index (χ1n) is 7.44. The molecule has 0 aliphatic heterocycles. The van der Waals surface area contributed by atoms with Gasteiger partial charge >= 0.3 is 0 Å². The van der Waals surface area contributed by atoms with Gasteiger partial charge in [0, 0.05) is 11.3 Å². The minimum atomic E-state index is 0.201. The van der Waals surface area contributed by atoms with Gasteiger partial charge in [-0.15, -0.1) is 11.3 Å². The Morgan fingerprint density at radius 1 is 1.53 bits per heavy atom. The van der Waals surface area contributed by atoms with Crippen LogP contribution in [0.2, 0.25) is 0 Å². The molecule has 0 spiro atoms. The van der Waals surface area contributed by atoms with Crippen LogP contribution in [0.3, 0.4) is 0 Å². The number of hydrogen-bond acceptors (Lipinski definition) is 3. The molecule has 3 nitrogen and oxygen atoms in total. The van der Waals surface area contributed by atoms with Crippen molar-refractivity contribution in [3.63, 3.8) is 0 Å². The minimum absolute atomic E-state index is 0.201. The second kappa shape index (κ2) is 7.63. The Balaban J connectivity index is 1.80. The summed E-state index contributed by atoms with van der Waals surface area (Å²) in [7, 11) is 0. The molecule has 0 radical (unpaired) electrons. The number of amides is 1. The molecule has 1 N–H and O–H groups in total. The molecule has 0 saturated heterocycles. The Morgan fingerprint density at radius 3 is 2.95 bits per heavy atom. The molecule has 1 fully saturated rings. The Morgan fingerprint density at radius 2 is 2.32 bits per heavy atom. The zero-order chi connectivity index (χ0) is 13.5. The van der Waals surface area contributed by atoms with Crippen molar-refractivity contribution in [1.82, 2.24) is 10.3 Å². The van der Waals surface area contributed by atoms with Gasteiger partial charge in [0.05, 0.1) is 17.7 Å². The lowest BCUT2D eigenvalue weighted by Gasteiger charge is -2.19. The van der Waals surface area contributed by atoms with E-state index in [1.165, 1.54) is 25.7 Å². The van der Waals surface area contributed by atoms with Crippen LogP contribution < -0.4 is 5.32 Å². The third-order valence-electron chi connectivity index (χ3n) is 4.03. The number of thiazole rings is 1. The van der Waals surface area contributed by atoms with Gasteiger partial charge in [-0.05, 0) is 18.8 Å². The molecule has 1 aromatic heterocycles. The molecule has 4 heteroatoms. The van der Waals surface area contributed by atoms with Crippen LogP contribution in [0.4, 0.5) is 0 Å². The summed E-state index contributed by atoms with van der Waals surface area (Å²) in [5.74, 6) is 1.20. The molecule has 1 atom stereocenters. The van der Waals surface area contributed by atoms with Crippen LogP contribution in [0.25, 0.3) is 0 Å². The molecule has 1 amide bonds. The zero-order valence-electron chi connectivity index (χ0n) is 11.7. The summed E-state index contributed by atoms with van der Waals surface area (Å²) in [5, 5.41) is 5.04. The lowest BCUT2D eigenvalue weighted by Crippen LogP contribution is -2.31. The smallest absolute Gasteiger partial charge is 0.223 e. The molecule has 1 aliphatic carbocycles. The number of carbonyl (C=O) groups is 1. The van der Waals surface area contributed by atoms with Gasteiger partial charge in [-0.2, -0.15) is 0 Å². The van der Waals surface area contributed by atoms with E-state index >= 15 is 0 Å². The van der Waals surface area contributed by atoms with E-state index in [9.17, 15) is 4.79 Å². The third kappa shape index (κ3) is 4.60. The van der Waals surface area contributed by atoms with Gasteiger partial charge in [-0.25, -0.2) is 4.98 Å². The van der Waals surface area contributed by atoms with Crippen molar-refractivity contribution in [3.05, 3.63) is 16.6 Å². The normalized spacial score (nSPS) is 17.5. The molecule has 1 aromatic rings. The van der Waals surface area contributed by atoms with Crippen LogP contribution in [-0.2, 0) is 11.3 Å². The maximum Gasteiger partial charge on any atom is 0.223 e. The van der Waals surface area contributed by atoms with Crippen molar-refractivity contribution in [2.75, 3.05) is 0 Å². The predicted octanol–water partition coefficient (Wildman–Crippen LogP) is 3.76. The van der Waals surface area contributed by atoms with Crippen molar-refractivity contribution < 1.29 is 4.79 Å². The van der Waals surface area contributed by atoms with E-state index in [0.717, 1.165) is 30.9 Å². The van der Waals surface area contributed by atoms with Crippen molar-refractivity contribution in [2.45, 2.75) is 58.4 Å². The number of hydrogen-bond donors (Lipinski definition) is 1. The lowest BCUT2D eigenvalue weighted by molar-refractivity contribution is -0.126. The van der Waals surface area contributed by atoms with Gasteiger partial charge in [-0.1, -0.05) is 39.0 Å². The van der Waals surface area contributed by atoms with Gasteiger partial charge in [0.2, 0.25) is 5.91 Å². The van der Waals surface area contributed by atoms with Crippen molar-refractivity contribution in [2.24, 2.45) is 11.8 Å². The molecular weight excluding hydrogens is 256 g/mol. The van der Waals surface area contributed by atoms with E-state index in [0.29, 0.717) is 6.54 Å². The Hall–Kier alpha value is -0.900. The highest BCUT2D eigenvalue weighted by atomic mass is 32.1. The first-order valence-corrected chi connectivity index (χ1v) is 8.38. The Kier molecular flexibility index (Phi) is 5.83. The van der Waals surface area contributed by atoms with Gasteiger partial charge in [0.15, 0.2) is 0 Å². The summed E-state index contributed by atoms with van der Waals surface area (Å²) in [4.78, 5) is 16.5. The highest BCUT2D eigenvalue weighted by Gasteiger charge is 2.24. The van der Waals surface area contributed by atoms with Gasteiger partial charge in [0.1, 0.15) is 0 Å². The molecule has 2 rings (SSSR count). The number of rotatable bonds is 7. The summed E-state index contributed by atoms with van der Waals surface area (Å²) in [5.41, 5.74) is 2.78. The average Bonchev–Trinajstić information content (AvgIpc) is 3.08. The molecule has 106 valence electrons. The topological polar surface area (TPSA) is 42.0 Å². The van der Waals surface area contributed by atoms with Crippen LogP contribution in [-0.4, -0.2) is 10.9 Å². The average molecular weight is 280 g/mol. The molecular formula is C15H24N2OS. The van der Waals surface area contributed by atoms with Crippen molar-refractivity contribution >= 4 is 17.2 Å². The lowest BCUT2D eigenvalue weighted by atomic mass is 9.89.